The molecule has 0 aliphatic heterocycles. The zero-order valence-corrected chi connectivity index (χ0v) is 13.6. The van der Waals surface area contributed by atoms with Crippen LogP contribution in [-0.4, -0.2) is 21.2 Å². The summed E-state index contributed by atoms with van der Waals surface area (Å²) >= 11 is 0. The Kier molecular flexibility index (Phi) is 4.69. The van der Waals surface area contributed by atoms with Gasteiger partial charge in [0.05, 0.1) is 12.1 Å². The molecule has 1 N–H and O–H groups in total. The number of nitrogens with zero attached hydrogens (tertiary/aromatic N) is 3. The van der Waals surface area contributed by atoms with Crippen molar-refractivity contribution in [3.8, 4) is 11.5 Å². The van der Waals surface area contributed by atoms with E-state index in [4.69, 9.17) is 9.05 Å². The lowest BCUT2D eigenvalue weighted by Crippen LogP contribution is -2.24. The van der Waals surface area contributed by atoms with Gasteiger partial charge >= 0.3 is 0 Å². The molecule has 0 radical (unpaired) electrons. The molecule has 7 heteroatoms. The largest absolute Gasteiger partial charge is 0.360 e. The third-order valence-corrected chi connectivity index (χ3v) is 3.59. The van der Waals surface area contributed by atoms with Gasteiger partial charge in [-0.25, -0.2) is 0 Å². The fourth-order valence-electron chi connectivity index (χ4n) is 2.36. The summed E-state index contributed by atoms with van der Waals surface area (Å²) in [6.07, 6.45) is 0.730. The van der Waals surface area contributed by atoms with E-state index in [1.165, 1.54) is 0 Å². The molecule has 0 unspecified atom stereocenters. The standard InChI is InChI=1S/C17H18N4O3/c1-3-13-16(11(2)20-23-13)17-19-14(21-24-17)9-15(22)18-10-12-7-5-4-6-8-12/h4-8H,3,9-10H2,1-2H3,(H,18,22). The number of benzene rings is 1. The summed E-state index contributed by atoms with van der Waals surface area (Å²) in [5.41, 5.74) is 2.43. The third kappa shape index (κ3) is 3.51. The van der Waals surface area contributed by atoms with Crippen LogP contribution in [0.15, 0.2) is 39.4 Å². The zero-order chi connectivity index (χ0) is 16.9. The molecule has 0 saturated heterocycles. The third-order valence-electron chi connectivity index (χ3n) is 3.59. The first-order valence-corrected chi connectivity index (χ1v) is 7.76. The number of rotatable bonds is 6. The Morgan fingerprint density at radius 2 is 1.96 bits per heavy atom. The first kappa shape index (κ1) is 15.9. The normalized spacial score (nSPS) is 10.8. The summed E-state index contributed by atoms with van der Waals surface area (Å²) in [6, 6.07) is 9.70. The molecule has 0 saturated carbocycles. The number of hydrogen-bond donors (Lipinski definition) is 1. The minimum absolute atomic E-state index is 0.0577. The number of aryl methyl sites for hydroxylation is 2. The average Bonchev–Trinajstić information content (AvgIpc) is 3.19. The fourth-order valence-corrected chi connectivity index (χ4v) is 2.36. The van der Waals surface area contributed by atoms with Gasteiger partial charge in [0.2, 0.25) is 5.91 Å². The summed E-state index contributed by atoms with van der Waals surface area (Å²) in [5, 5.41) is 10.6. The predicted octanol–water partition coefficient (Wildman–Crippen LogP) is 2.45. The van der Waals surface area contributed by atoms with Crippen LogP contribution in [0.3, 0.4) is 0 Å². The van der Waals surface area contributed by atoms with E-state index in [1.807, 2.05) is 44.2 Å². The fraction of sp³-hybridized carbons (Fsp3) is 0.294. The SMILES string of the molecule is CCc1onc(C)c1-c1nc(CC(=O)NCc2ccccc2)no1. The number of nitrogens with one attached hydrogen (secondary N) is 1. The van der Waals surface area contributed by atoms with Gasteiger partial charge in [0.15, 0.2) is 5.82 Å². The van der Waals surface area contributed by atoms with Gasteiger partial charge in [0.25, 0.3) is 5.89 Å². The number of aromatic nitrogens is 3. The van der Waals surface area contributed by atoms with Crippen LogP contribution in [0.4, 0.5) is 0 Å². The van der Waals surface area contributed by atoms with Gasteiger partial charge in [0.1, 0.15) is 11.3 Å². The maximum absolute atomic E-state index is 12.0. The first-order valence-electron chi connectivity index (χ1n) is 7.76. The summed E-state index contributed by atoms with van der Waals surface area (Å²) < 4.78 is 10.5. The number of hydrogen-bond acceptors (Lipinski definition) is 6. The Balaban J connectivity index is 1.63. The van der Waals surface area contributed by atoms with E-state index in [2.05, 4.69) is 20.6 Å². The van der Waals surface area contributed by atoms with Crippen molar-refractivity contribution < 1.29 is 13.8 Å². The van der Waals surface area contributed by atoms with Crippen molar-refractivity contribution >= 4 is 5.91 Å². The molecule has 3 rings (SSSR count). The molecule has 0 fully saturated rings. The molecule has 0 aliphatic rings. The van der Waals surface area contributed by atoms with E-state index in [9.17, 15) is 4.79 Å². The van der Waals surface area contributed by atoms with Gasteiger partial charge in [-0.15, -0.1) is 0 Å². The smallest absolute Gasteiger partial charge is 0.263 e. The maximum Gasteiger partial charge on any atom is 0.263 e. The molecule has 0 spiro atoms. The number of carbonyl (C=O) groups excluding carboxylic acids is 1. The highest BCUT2D eigenvalue weighted by molar-refractivity contribution is 5.77. The Morgan fingerprint density at radius 1 is 1.17 bits per heavy atom. The lowest BCUT2D eigenvalue weighted by molar-refractivity contribution is -0.120. The van der Waals surface area contributed by atoms with Crippen LogP contribution in [0, 0.1) is 6.92 Å². The van der Waals surface area contributed by atoms with Crippen molar-refractivity contribution in [1.29, 1.82) is 0 Å². The second kappa shape index (κ2) is 7.08. The number of carbonyl (C=O) groups is 1. The Bertz CT molecular complexity index is 823. The lowest BCUT2D eigenvalue weighted by Gasteiger charge is -2.03. The quantitative estimate of drug-likeness (QED) is 0.748. The molecular formula is C17H18N4O3. The summed E-state index contributed by atoms with van der Waals surface area (Å²) in [5.74, 6) is 1.19. The molecule has 2 heterocycles. The molecule has 0 aliphatic carbocycles. The first-order chi connectivity index (χ1) is 11.7. The molecule has 3 aromatic rings. The van der Waals surface area contributed by atoms with Gasteiger partial charge < -0.3 is 14.4 Å². The van der Waals surface area contributed by atoms with Crippen molar-refractivity contribution in [3.63, 3.8) is 0 Å². The predicted molar refractivity (Wildman–Crippen MR) is 85.9 cm³/mol. The van der Waals surface area contributed by atoms with Crippen LogP contribution in [-0.2, 0) is 24.2 Å². The van der Waals surface area contributed by atoms with Gasteiger partial charge in [-0.05, 0) is 12.5 Å². The molecule has 2 aromatic heterocycles. The lowest BCUT2D eigenvalue weighted by atomic mass is 10.1. The van der Waals surface area contributed by atoms with Crippen LogP contribution in [0.5, 0.6) is 0 Å². The molecule has 0 atom stereocenters. The Morgan fingerprint density at radius 3 is 2.71 bits per heavy atom. The van der Waals surface area contributed by atoms with Crippen molar-refractivity contribution in [2.24, 2.45) is 0 Å². The van der Waals surface area contributed by atoms with Crippen molar-refractivity contribution in [2.75, 3.05) is 0 Å². The molecule has 0 bridgehead atoms. The molecule has 124 valence electrons. The van der Waals surface area contributed by atoms with Crippen LogP contribution in [0.2, 0.25) is 0 Å². The number of amides is 1. The van der Waals surface area contributed by atoms with Crippen molar-refractivity contribution in [2.45, 2.75) is 33.2 Å². The topological polar surface area (TPSA) is 94.0 Å². The van der Waals surface area contributed by atoms with Crippen LogP contribution >= 0.6 is 0 Å². The van der Waals surface area contributed by atoms with Gasteiger partial charge in [-0.2, -0.15) is 4.98 Å². The average molecular weight is 326 g/mol. The highest BCUT2D eigenvalue weighted by Gasteiger charge is 2.20. The van der Waals surface area contributed by atoms with Crippen LogP contribution < -0.4 is 5.32 Å². The second-order valence-electron chi connectivity index (χ2n) is 5.37. The highest BCUT2D eigenvalue weighted by Crippen LogP contribution is 2.26. The van der Waals surface area contributed by atoms with E-state index < -0.39 is 0 Å². The summed E-state index contributed by atoms with van der Waals surface area (Å²) in [7, 11) is 0. The monoisotopic (exact) mass is 326 g/mol. The van der Waals surface area contributed by atoms with E-state index in [1.54, 1.807) is 0 Å². The minimum atomic E-state index is -0.163. The Labute approximate surface area is 139 Å². The van der Waals surface area contributed by atoms with E-state index >= 15 is 0 Å². The molecule has 1 amide bonds. The summed E-state index contributed by atoms with van der Waals surface area (Å²) in [4.78, 5) is 16.3. The van der Waals surface area contributed by atoms with Gasteiger partial charge in [0, 0.05) is 13.0 Å². The Hall–Kier alpha value is -2.96. The van der Waals surface area contributed by atoms with E-state index in [-0.39, 0.29) is 12.3 Å². The molecule has 7 nitrogen and oxygen atoms in total. The van der Waals surface area contributed by atoms with Gasteiger partial charge in [-0.3, -0.25) is 4.79 Å². The molecule has 24 heavy (non-hydrogen) atoms. The molecule has 1 aromatic carbocycles. The van der Waals surface area contributed by atoms with Crippen molar-refractivity contribution in [1.82, 2.24) is 20.6 Å². The van der Waals surface area contributed by atoms with E-state index in [0.717, 1.165) is 5.56 Å². The zero-order valence-electron chi connectivity index (χ0n) is 13.6. The van der Waals surface area contributed by atoms with Gasteiger partial charge in [-0.1, -0.05) is 47.6 Å². The highest BCUT2D eigenvalue weighted by atomic mass is 16.5. The molecular weight excluding hydrogens is 308 g/mol. The maximum atomic E-state index is 12.0. The second-order valence-corrected chi connectivity index (χ2v) is 5.37. The summed E-state index contributed by atoms with van der Waals surface area (Å²) in [6.45, 7) is 4.24. The minimum Gasteiger partial charge on any atom is -0.360 e. The van der Waals surface area contributed by atoms with Crippen LogP contribution in [0.1, 0.15) is 29.8 Å². The van der Waals surface area contributed by atoms with Crippen LogP contribution in [0.25, 0.3) is 11.5 Å². The van der Waals surface area contributed by atoms with Crippen molar-refractivity contribution in [3.05, 3.63) is 53.2 Å². The van der Waals surface area contributed by atoms with E-state index in [0.29, 0.717) is 41.7 Å².